The van der Waals surface area contributed by atoms with Crippen molar-refractivity contribution in [1.29, 1.82) is 0 Å². The highest BCUT2D eigenvalue weighted by atomic mass is 14.4. The van der Waals surface area contributed by atoms with Crippen LogP contribution < -0.4 is 0 Å². The van der Waals surface area contributed by atoms with Crippen LogP contribution in [-0.4, -0.2) is 7.85 Å². The molecule has 0 aromatic rings. The van der Waals surface area contributed by atoms with Gasteiger partial charge in [-0.2, -0.15) is 0 Å². The van der Waals surface area contributed by atoms with Crippen molar-refractivity contribution in [3.05, 3.63) is 23.7 Å². The number of rotatable bonds is 0. The molecule has 0 aliphatic heterocycles. The molecule has 3 atom stereocenters. The van der Waals surface area contributed by atoms with Crippen molar-refractivity contribution in [2.24, 2.45) is 17.8 Å². The first kappa shape index (κ1) is 6.27. The van der Waals surface area contributed by atoms with Gasteiger partial charge in [0.05, 0.1) is 0 Å². The molecule has 2 bridgehead atoms. The Morgan fingerprint density at radius 2 is 2.30 bits per heavy atom. The van der Waals surface area contributed by atoms with E-state index in [0.717, 1.165) is 17.8 Å². The fraction of sp³-hybridized carbons (Fsp3) is 0.556. The Morgan fingerprint density at radius 1 is 1.50 bits per heavy atom. The van der Waals surface area contributed by atoms with Crippen LogP contribution in [0.4, 0.5) is 0 Å². The first-order chi connectivity index (χ1) is 4.77. The molecular weight excluding hydrogens is 119 g/mol. The zero-order valence-electron chi connectivity index (χ0n) is 6.67. The van der Waals surface area contributed by atoms with Gasteiger partial charge >= 0.3 is 0 Å². The Kier molecular flexibility index (Phi) is 1.26. The van der Waals surface area contributed by atoms with Crippen molar-refractivity contribution in [3.63, 3.8) is 0 Å². The van der Waals surface area contributed by atoms with Gasteiger partial charge in [-0.05, 0) is 24.2 Å². The molecule has 3 aliphatic rings. The van der Waals surface area contributed by atoms with Crippen molar-refractivity contribution >= 4 is 7.85 Å². The van der Waals surface area contributed by atoms with E-state index in [-0.39, 0.29) is 0 Å². The predicted molar refractivity (Wildman–Crippen MR) is 46.5 cm³/mol. The van der Waals surface area contributed by atoms with Crippen LogP contribution in [0.2, 0.25) is 0 Å². The highest BCUT2D eigenvalue weighted by Crippen LogP contribution is 2.43. The lowest BCUT2D eigenvalue weighted by Crippen LogP contribution is -2.30. The van der Waals surface area contributed by atoms with Gasteiger partial charge in [0.1, 0.15) is 7.85 Å². The van der Waals surface area contributed by atoms with Gasteiger partial charge in [-0.15, -0.1) is 0 Å². The summed E-state index contributed by atoms with van der Waals surface area (Å²) in [6, 6.07) is 0. The van der Waals surface area contributed by atoms with Gasteiger partial charge in [0, 0.05) is 0 Å². The van der Waals surface area contributed by atoms with Crippen LogP contribution in [0.15, 0.2) is 23.7 Å². The summed E-state index contributed by atoms with van der Waals surface area (Å²) in [6.45, 7) is 2.36. The van der Waals surface area contributed by atoms with Gasteiger partial charge in [-0.25, -0.2) is 0 Å². The summed E-state index contributed by atoms with van der Waals surface area (Å²) < 4.78 is 0. The van der Waals surface area contributed by atoms with Gasteiger partial charge in [-0.3, -0.25) is 0 Å². The van der Waals surface area contributed by atoms with Crippen molar-refractivity contribution in [3.8, 4) is 0 Å². The lowest BCUT2D eigenvalue weighted by molar-refractivity contribution is 0.174. The lowest BCUT2D eigenvalue weighted by Gasteiger charge is -2.38. The lowest BCUT2D eigenvalue weighted by atomic mass is 9.66. The van der Waals surface area contributed by atoms with Crippen LogP contribution in [0.3, 0.4) is 0 Å². The largest absolute Gasteiger partial charge is 0.138 e. The van der Waals surface area contributed by atoms with E-state index in [1.165, 1.54) is 11.9 Å². The molecule has 0 aromatic heterocycles. The van der Waals surface area contributed by atoms with Crippen molar-refractivity contribution in [2.45, 2.75) is 13.3 Å². The zero-order valence-corrected chi connectivity index (χ0v) is 6.67. The molecule has 10 heavy (non-hydrogen) atoms. The highest BCUT2D eigenvalue weighted by Gasteiger charge is 2.35. The SMILES string of the molecule is BC1=CC2CC(C=C1)C2C. The van der Waals surface area contributed by atoms with E-state index in [0.29, 0.717) is 0 Å². The molecule has 0 radical (unpaired) electrons. The average Bonchev–Trinajstić information content (AvgIpc) is 2.17. The van der Waals surface area contributed by atoms with Gasteiger partial charge in [0.25, 0.3) is 0 Å². The van der Waals surface area contributed by atoms with E-state index >= 15 is 0 Å². The summed E-state index contributed by atoms with van der Waals surface area (Å²) in [5, 5.41) is 0. The summed E-state index contributed by atoms with van der Waals surface area (Å²) in [5.41, 5.74) is 1.46. The molecule has 1 heteroatoms. The van der Waals surface area contributed by atoms with Crippen LogP contribution in [0, 0.1) is 17.8 Å². The number of allylic oxidation sites excluding steroid dienone is 4. The molecule has 0 saturated heterocycles. The van der Waals surface area contributed by atoms with Crippen molar-refractivity contribution in [2.75, 3.05) is 0 Å². The fourth-order valence-electron chi connectivity index (χ4n) is 2.01. The Morgan fingerprint density at radius 3 is 3.00 bits per heavy atom. The maximum Gasteiger partial charge on any atom is 0.138 e. The zero-order chi connectivity index (χ0) is 7.14. The second kappa shape index (κ2) is 2.01. The maximum atomic E-state index is 2.42. The molecule has 52 valence electrons. The van der Waals surface area contributed by atoms with E-state index in [1.807, 2.05) is 0 Å². The molecule has 0 nitrogen and oxygen atoms in total. The number of fused-ring (bicyclic) bond motifs is 1. The summed E-state index contributed by atoms with van der Waals surface area (Å²) in [7, 11) is 2.20. The Bertz CT molecular complexity index is 203. The minimum atomic E-state index is 0.888. The predicted octanol–water partition coefficient (Wildman–Crippen LogP) is 1.35. The monoisotopic (exact) mass is 132 g/mol. The minimum Gasteiger partial charge on any atom is -0.0929 e. The van der Waals surface area contributed by atoms with Crippen molar-refractivity contribution < 1.29 is 0 Å². The summed E-state index contributed by atoms with van der Waals surface area (Å²) in [4.78, 5) is 0. The summed E-state index contributed by atoms with van der Waals surface area (Å²) in [5.74, 6) is 2.69. The normalized spacial score (nSPS) is 43.7. The molecule has 3 unspecified atom stereocenters. The topological polar surface area (TPSA) is 0 Å². The minimum absolute atomic E-state index is 0.888. The first-order valence-corrected chi connectivity index (χ1v) is 4.14. The molecule has 0 aromatic carbocycles. The third-order valence-electron chi connectivity index (χ3n) is 2.98. The molecular formula is C9H13B. The molecule has 0 N–H and O–H groups in total. The fourth-order valence-corrected chi connectivity index (χ4v) is 2.01. The van der Waals surface area contributed by atoms with Gasteiger partial charge in [0.15, 0.2) is 0 Å². The van der Waals surface area contributed by atoms with E-state index in [4.69, 9.17) is 0 Å². The Labute approximate surface area is 63.4 Å². The van der Waals surface area contributed by atoms with Gasteiger partial charge < -0.3 is 0 Å². The van der Waals surface area contributed by atoms with Crippen LogP contribution >= 0.6 is 0 Å². The van der Waals surface area contributed by atoms with Crippen LogP contribution in [0.5, 0.6) is 0 Å². The second-order valence-electron chi connectivity index (χ2n) is 3.69. The molecule has 3 aliphatic carbocycles. The molecule has 0 amide bonds. The van der Waals surface area contributed by atoms with Crippen molar-refractivity contribution in [1.82, 2.24) is 0 Å². The highest BCUT2D eigenvalue weighted by molar-refractivity contribution is 6.23. The molecule has 1 saturated carbocycles. The van der Waals surface area contributed by atoms with E-state index < -0.39 is 0 Å². The summed E-state index contributed by atoms with van der Waals surface area (Å²) in [6.07, 6.45) is 8.47. The summed E-state index contributed by atoms with van der Waals surface area (Å²) >= 11 is 0. The quantitative estimate of drug-likeness (QED) is 0.436. The average molecular weight is 132 g/mol. The number of hydrogen-bond acceptors (Lipinski definition) is 0. The Balaban J connectivity index is 2.26. The Hall–Kier alpha value is -0.455. The maximum absolute atomic E-state index is 2.42. The standard InChI is InChI=1S/C9H13B/c1-6-7-2-3-9(10)5-8(6)4-7/h2-3,5-8H,4,10H2,1H3. The first-order valence-electron chi connectivity index (χ1n) is 4.14. The smallest absolute Gasteiger partial charge is 0.0929 e. The van der Waals surface area contributed by atoms with Crippen LogP contribution in [0.25, 0.3) is 0 Å². The molecule has 0 heterocycles. The molecule has 3 rings (SSSR count). The third-order valence-corrected chi connectivity index (χ3v) is 2.98. The van der Waals surface area contributed by atoms with E-state index in [1.54, 1.807) is 0 Å². The molecule has 1 fully saturated rings. The number of hydrogen-bond donors (Lipinski definition) is 0. The second-order valence-corrected chi connectivity index (χ2v) is 3.69. The third kappa shape index (κ3) is 0.766. The molecule has 0 spiro atoms. The van der Waals surface area contributed by atoms with Crippen LogP contribution in [-0.2, 0) is 0 Å². The van der Waals surface area contributed by atoms with Gasteiger partial charge in [0.2, 0.25) is 0 Å². The van der Waals surface area contributed by atoms with E-state index in [9.17, 15) is 0 Å². The van der Waals surface area contributed by atoms with Gasteiger partial charge in [-0.1, -0.05) is 30.6 Å². The van der Waals surface area contributed by atoms with Crippen LogP contribution in [0.1, 0.15) is 13.3 Å². The van der Waals surface area contributed by atoms with E-state index in [2.05, 4.69) is 33.0 Å².